The molecule has 0 aliphatic heterocycles. The molecule has 1 atom stereocenters. The van der Waals surface area contributed by atoms with Crippen molar-refractivity contribution < 1.29 is 8.78 Å². The zero-order valence-corrected chi connectivity index (χ0v) is 12.3. The van der Waals surface area contributed by atoms with Crippen LogP contribution in [0.1, 0.15) is 34.7 Å². The first kappa shape index (κ1) is 14.5. The largest absolute Gasteiger partial charge is 0.324 e. The monoisotopic (exact) mass is 307 g/mol. The van der Waals surface area contributed by atoms with Crippen molar-refractivity contribution in [3.8, 4) is 0 Å². The van der Waals surface area contributed by atoms with Gasteiger partial charge in [-0.1, -0.05) is 29.8 Å². The van der Waals surface area contributed by atoms with Gasteiger partial charge in [-0.2, -0.15) is 0 Å². The second kappa shape index (κ2) is 5.74. The van der Waals surface area contributed by atoms with Gasteiger partial charge in [-0.05, 0) is 54.5 Å². The van der Waals surface area contributed by atoms with E-state index in [1.165, 1.54) is 17.5 Å². The van der Waals surface area contributed by atoms with Gasteiger partial charge in [0.2, 0.25) is 0 Å². The Bertz CT molecular complexity index is 685. The average molecular weight is 308 g/mol. The van der Waals surface area contributed by atoms with Crippen LogP contribution in [0, 0.1) is 11.6 Å². The van der Waals surface area contributed by atoms with Gasteiger partial charge in [-0.15, -0.1) is 0 Å². The van der Waals surface area contributed by atoms with E-state index in [0.717, 1.165) is 30.5 Å². The molecule has 21 heavy (non-hydrogen) atoms. The number of benzene rings is 2. The summed E-state index contributed by atoms with van der Waals surface area (Å²) in [5.41, 5.74) is 9.99. The Balaban J connectivity index is 1.83. The lowest BCUT2D eigenvalue weighted by Crippen LogP contribution is -2.15. The van der Waals surface area contributed by atoms with Crippen LogP contribution in [0.2, 0.25) is 5.02 Å². The normalized spacial score (nSPS) is 15.0. The number of aryl methyl sites for hydroxylation is 2. The van der Waals surface area contributed by atoms with E-state index in [1.807, 2.05) is 6.07 Å². The number of hydrogen-bond donors (Lipinski definition) is 1. The second-order valence-electron chi connectivity index (χ2n) is 5.56. The molecular weight excluding hydrogens is 292 g/mol. The van der Waals surface area contributed by atoms with Crippen molar-refractivity contribution in [2.24, 2.45) is 5.73 Å². The van der Waals surface area contributed by atoms with Gasteiger partial charge in [0.15, 0.2) is 0 Å². The maximum absolute atomic E-state index is 13.9. The highest BCUT2D eigenvalue weighted by Crippen LogP contribution is 2.27. The van der Waals surface area contributed by atoms with E-state index < -0.39 is 17.7 Å². The van der Waals surface area contributed by atoms with Gasteiger partial charge < -0.3 is 5.73 Å². The Morgan fingerprint density at radius 3 is 2.62 bits per heavy atom. The molecular formula is C17H16ClF2N. The fourth-order valence-corrected chi connectivity index (χ4v) is 3.09. The molecule has 0 amide bonds. The van der Waals surface area contributed by atoms with E-state index in [9.17, 15) is 8.78 Å². The third kappa shape index (κ3) is 2.94. The highest BCUT2D eigenvalue weighted by molar-refractivity contribution is 6.30. The van der Waals surface area contributed by atoms with Gasteiger partial charge in [-0.3, -0.25) is 0 Å². The molecule has 2 aromatic carbocycles. The molecule has 2 N–H and O–H groups in total. The van der Waals surface area contributed by atoms with Crippen molar-refractivity contribution in [2.75, 3.05) is 0 Å². The highest BCUT2D eigenvalue weighted by atomic mass is 35.5. The molecule has 1 aliphatic carbocycles. The Hall–Kier alpha value is -1.45. The molecule has 3 rings (SSSR count). The molecule has 4 heteroatoms. The number of rotatable bonds is 3. The summed E-state index contributed by atoms with van der Waals surface area (Å²) in [4.78, 5) is 0. The van der Waals surface area contributed by atoms with Crippen molar-refractivity contribution in [1.82, 2.24) is 0 Å². The lowest BCUT2D eigenvalue weighted by Gasteiger charge is -2.14. The topological polar surface area (TPSA) is 26.0 Å². The molecule has 0 spiro atoms. The lowest BCUT2D eigenvalue weighted by atomic mass is 9.97. The van der Waals surface area contributed by atoms with Crippen molar-refractivity contribution >= 4 is 11.6 Å². The zero-order chi connectivity index (χ0) is 15.0. The number of fused-ring (bicyclic) bond motifs is 1. The molecule has 2 aromatic rings. The molecule has 0 saturated carbocycles. The molecule has 0 aromatic heterocycles. The Kier molecular flexibility index (Phi) is 3.96. The number of hydrogen-bond acceptors (Lipinski definition) is 1. The standard InChI is InChI=1S/C17H16ClF2N/c18-14-9-15(19)13(8-16(14)20)17(21)7-10-4-5-11-2-1-3-12(11)6-10/h4-6,8-9,17H,1-3,7,21H2. The summed E-state index contributed by atoms with van der Waals surface area (Å²) >= 11 is 5.56. The first-order chi connectivity index (χ1) is 10.0. The van der Waals surface area contributed by atoms with E-state index in [0.29, 0.717) is 6.42 Å². The quantitative estimate of drug-likeness (QED) is 0.838. The van der Waals surface area contributed by atoms with Crippen molar-refractivity contribution in [3.63, 3.8) is 0 Å². The summed E-state index contributed by atoms with van der Waals surface area (Å²) in [5, 5.41) is -0.221. The van der Waals surface area contributed by atoms with Crippen LogP contribution in [0.15, 0.2) is 30.3 Å². The molecule has 110 valence electrons. The maximum Gasteiger partial charge on any atom is 0.142 e. The predicted molar refractivity (Wildman–Crippen MR) is 80.5 cm³/mol. The van der Waals surface area contributed by atoms with Crippen LogP contribution in [0.4, 0.5) is 8.78 Å². The maximum atomic E-state index is 13.9. The second-order valence-corrected chi connectivity index (χ2v) is 5.96. The van der Waals surface area contributed by atoms with Gasteiger partial charge in [0.25, 0.3) is 0 Å². The van der Waals surface area contributed by atoms with E-state index >= 15 is 0 Å². The van der Waals surface area contributed by atoms with Crippen LogP contribution >= 0.6 is 11.6 Å². The summed E-state index contributed by atoms with van der Waals surface area (Å²) in [6.45, 7) is 0. The highest BCUT2D eigenvalue weighted by Gasteiger charge is 2.17. The molecule has 0 saturated heterocycles. The third-order valence-corrected chi connectivity index (χ3v) is 4.35. The fraction of sp³-hybridized carbons (Fsp3) is 0.294. The van der Waals surface area contributed by atoms with Crippen molar-refractivity contribution in [3.05, 3.63) is 69.2 Å². The van der Waals surface area contributed by atoms with Crippen LogP contribution in [0.25, 0.3) is 0 Å². The van der Waals surface area contributed by atoms with E-state index in [1.54, 1.807) is 0 Å². The fourth-order valence-electron chi connectivity index (χ4n) is 2.94. The SMILES string of the molecule is NC(Cc1ccc2c(c1)CCC2)c1cc(F)c(Cl)cc1F. The van der Waals surface area contributed by atoms with E-state index in [4.69, 9.17) is 17.3 Å². The minimum atomic E-state index is -0.641. The van der Waals surface area contributed by atoms with Gasteiger partial charge in [0.05, 0.1) is 5.02 Å². The van der Waals surface area contributed by atoms with Crippen LogP contribution in [0.3, 0.4) is 0 Å². The van der Waals surface area contributed by atoms with Gasteiger partial charge in [-0.25, -0.2) is 8.78 Å². The van der Waals surface area contributed by atoms with Gasteiger partial charge >= 0.3 is 0 Å². The lowest BCUT2D eigenvalue weighted by molar-refractivity contribution is 0.561. The van der Waals surface area contributed by atoms with Crippen molar-refractivity contribution in [1.29, 1.82) is 0 Å². The molecule has 1 aliphatic rings. The Labute approximate surface area is 127 Å². The summed E-state index contributed by atoms with van der Waals surface area (Å²) in [6, 6.07) is 7.75. The van der Waals surface area contributed by atoms with Crippen LogP contribution in [-0.4, -0.2) is 0 Å². The number of halogens is 3. The van der Waals surface area contributed by atoms with E-state index in [-0.39, 0.29) is 10.6 Å². The Morgan fingerprint density at radius 2 is 1.81 bits per heavy atom. The summed E-state index contributed by atoms with van der Waals surface area (Å²) < 4.78 is 27.4. The minimum absolute atomic E-state index is 0.164. The van der Waals surface area contributed by atoms with Crippen LogP contribution in [0.5, 0.6) is 0 Å². The van der Waals surface area contributed by atoms with Crippen LogP contribution < -0.4 is 5.73 Å². The zero-order valence-electron chi connectivity index (χ0n) is 11.5. The summed E-state index contributed by atoms with van der Waals surface area (Å²) in [5.74, 6) is -1.20. The average Bonchev–Trinajstić information content (AvgIpc) is 2.90. The smallest absolute Gasteiger partial charge is 0.142 e. The van der Waals surface area contributed by atoms with Gasteiger partial charge in [0, 0.05) is 11.6 Å². The van der Waals surface area contributed by atoms with Gasteiger partial charge in [0.1, 0.15) is 11.6 Å². The Morgan fingerprint density at radius 1 is 1.05 bits per heavy atom. The molecule has 0 bridgehead atoms. The molecule has 1 nitrogen and oxygen atoms in total. The summed E-state index contributed by atoms with van der Waals surface area (Å²) in [6.07, 6.45) is 3.87. The minimum Gasteiger partial charge on any atom is -0.324 e. The first-order valence-corrected chi connectivity index (χ1v) is 7.43. The molecule has 1 unspecified atom stereocenters. The predicted octanol–water partition coefficient (Wildman–Crippen LogP) is 4.35. The third-order valence-electron chi connectivity index (χ3n) is 4.06. The van der Waals surface area contributed by atoms with Crippen LogP contribution in [-0.2, 0) is 19.3 Å². The number of nitrogens with two attached hydrogens (primary N) is 1. The molecule has 0 fully saturated rings. The summed E-state index contributed by atoms with van der Waals surface area (Å²) in [7, 11) is 0. The van der Waals surface area contributed by atoms with E-state index in [2.05, 4.69) is 12.1 Å². The van der Waals surface area contributed by atoms with Crippen molar-refractivity contribution in [2.45, 2.75) is 31.7 Å². The molecule has 0 radical (unpaired) electrons. The molecule has 0 heterocycles. The first-order valence-electron chi connectivity index (χ1n) is 7.05.